The summed E-state index contributed by atoms with van der Waals surface area (Å²) < 4.78 is 7.25. The van der Waals surface area contributed by atoms with Crippen LogP contribution in [0, 0.1) is 5.92 Å². The predicted octanol–water partition coefficient (Wildman–Crippen LogP) is 4.51. The van der Waals surface area contributed by atoms with E-state index >= 15 is 0 Å². The molecule has 0 spiro atoms. The van der Waals surface area contributed by atoms with Crippen LogP contribution in [0.4, 0.5) is 11.4 Å². The van der Waals surface area contributed by atoms with E-state index < -0.39 is 0 Å². The molecular formula is C20H22ClN5O2. The van der Waals surface area contributed by atoms with Crippen molar-refractivity contribution in [3.8, 4) is 17.1 Å². The highest BCUT2D eigenvalue weighted by atomic mass is 35.5. The molecule has 0 fully saturated rings. The molecular weight excluding hydrogens is 378 g/mol. The van der Waals surface area contributed by atoms with Crippen LogP contribution in [0.1, 0.15) is 30.6 Å². The number of aromatic nitrogens is 4. The monoisotopic (exact) mass is 399 g/mol. The van der Waals surface area contributed by atoms with Crippen LogP contribution < -0.4 is 10.1 Å². The third kappa shape index (κ3) is 4.31. The van der Waals surface area contributed by atoms with Gasteiger partial charge < -0.3 is 10.1 Å². The number of ether oxygens (including phenoxy) is 1. The summed E-state index contributed by atoms with van der Waals surface area (Å²) in [5.41, 5.74) is 2.48. The van der Waals surface area contributed by atoms with Gasteiger partial charge in [-0.2, -0.15) is 5.10 Å². The van der Waals surface area contributed by atoms with Gasteiger partial charge in [-0.1, -0.05) is 31.5 Å². The van der Waals surface area contributed by atoms with Gasteiger partial charge in [0, 0.05) is 19.7 Å². The number of ketones is 1. The Morgan fingerprint density at radius 1 is 1.29 bits per heavy atom. The Kier molecular flexibility index (Phi) is 5.94. The quantitative estimate of drug-likeness (QED) is 0.465. The van der Waals surface area contributed by atoms with Gasteiger partial charge in [-0.25, -0.2) is 9.97 Å². The molecule has 8 heteroatoms. The standard InChI is InChI=1S/C20H22ClN5O2/c1-12(2)8-17(27)14-10-22-18(21)9-16(14)24-15-7-5-6-13(19(15)28-4)20-23-11-26(3)25-20/h5-7,9-12H,8H2,1-4H3,(H,22,24). The van der Waals surface area contributed by atoms with Gasteiger partial charge in [-0.05, 0) is 24.1 Å². The smallest absolute Gasteiger partial charge is 0.184 e. The molecule has 3 rings (SSSR count). The van der Waals surface area contributed by atoms with Gasteiger partial charge in [0.25, 0.3) is 0 Å². The van der Waals surface area contributed by atoms with E-state index in [0.717, 1.165) is 5.56 Å². The topological polar surface area (TPSA) is 81.9 Å². The third-order valence-electron chi connectivity index (χ3n) is 4.09. The number of Topliss-reactive ketones (excluding diaryl/α,β-unsaturated/α-hetero) is 1. The summed E-state index contributed by atoms with van der Waals surface area (Å²) in [5.74, 6) is 1.36. The molecule has 0 radical (unpaired) electrons. The molecule has 146 valence electrons. The number of carbonyl (C=O) groups is 1. The lowest BCUT2D eigenvalue weighted by Crippen LogP contribution is -2.08. The van der Waals surface area contributed by atoms with Crippen molar-refractivity contribution in [2.75, 3.05) is 12.4 Å². The van der Waals surface area contributed by atoms with Crippen LogP contribution in [0.3, 0.4) is 0 Å². The van der Waals surface area contributed by atoms with Crippen molar-refractivity contribution >= 4 is 28.8 Å². The Morgan fingerprint density at radius 2 is 2.07 bits per heavy atom. The lowest BCUT2D eigenvalue weighted by atomic mass is 10.0. The molecule has 0 amide bonds. The molecule has 3 aromatic rings. The van der Waals surface area contributed by atoms with E-state index in [0.29, 0.717) is 40.1 Å². The number of anilines is 2. The second-order valence-electron chi connectivity index (χ2n) is 6.83. The van der Waals surface area contributed by atoms with E-state index in [-0.39, 0.29) is 11.7 Å². The molecule has 28 heavy (non-hydrogen) atoms. The number of benzene rings is 1. The number of nitrogens with zero attached hydrogens (tertiary/aromatic N) is 4. The van der Waals surface area contributed by atoms with E-state index in [2.05, 4.69) is 20.4 Å². The van der Waals surface area contributed by atoms with Crippen molar-refractivity contribution in [3.05, 3.63) is 47.5 Å². The van der Waals surface area contributed by atoms with Gasteiger partial charge in [0.2, 0.25) is 0 Å². The van der Waals surface area contributed by atoms with Crippen LogP contribution in [0.15, 0.2) is 36.8 Å². The summed E-state index contributed by atoms with van der Waals surface area (Å²) in [5, 5.41) is 7.91. The van der Waals surface area contributed by atoms with Crippen molar-refractivity contribution in [1.82, 2.24) is 19.7 Å². The first-order valence-electron chi connectivity index (χ1n) is 8.87. The maximum Gasteiger partial charge on any atom is 0.184 e. The Morgan fingerprint density at radius 3 is 2.71 bits per heavy atom. The molecule has 7 nitrogen and oxygen atoms in total. The molecule has 2 heterocycles. The van der Waals surface area contributed by atoms with Crippen LogP contribution in [-0.2, 0) is 7.05 Å². The Labute approximate surface area is 168 Å². The first kappa shape index (κ1) is 19.8. The highest BCUT2D eigenvalue weighted by molar-refractivity contribution is 6.29. The number of rotatable bonds is 7. The van der Waals surface area contributed by atoms with Crippen molar-refractivity contribution in [3.63, 3.8) is 0 Å². The van der Waals surface area contributed by atoms with Gasteiger partial charge in [0.1, 0.15) is 11.5 Å². The maximum absolute atomic E-state index is 12.6. The SMILES string of the molecule is COc1c(Nc2cc(Cl)ncc2C(=O)CC(C)C)cccc1-c1ncn(C)n1. The average molecular weight is 400 g/mol. The zero-order valence-electron chi connectivity index (χ0n) is 16.2. The Hall–Kier alpha value is -2.93. The molecule has 0 aliphatic carbocycles. The fourth-order valence-corrected chi connectivity index (χ4v) is 3.03. The highest BCUT2D eigenvalue weighted by Crippen LogP contribution is 2.37. The maximum atomic E-state index is 12.6. The van der Waals surface area contributed by atoms with Gasteiger partial charge in [-0.15, -0.1) is 0 Å². The number of nitrogens with one attached hydrogen (secondary N) is 1. The highest BCUT2D eigenvalue weighted by Gasteiger charge is 2.18. The van der Waals surface area contributed by atoms with Crippen molar-refractivity contribution < 1.29 is 9.53 Å². The van der Waals surface area contributed by atoms with Gasteiger partial charge in [0.15, 0.2) is 17.4 Å². The average Bonchev–Trinajstić information content (AvgIpc) is 3.07. The third-order valence-corrected chi connectivity index (χ3v) is 4.30. The minimum absolute atomic E-state index is 0.00295. The predicted molar refractivity (Wildman–Crippen MR) is 109 cm³/mol. The van der Waals surface area contributed by atoms with E-state index in [1.54, 1.807) is 31.2 Å². The van der Waals surface area contributed by atoms with Crippen LogP contribution >= 0.6 is 11.6 Å². The van der Waals surface area contributed by atoms with Gasteiger partial charge in [0.05, 0.1) is 29.6 Å². The molecule has 0 bridgehead atoms. The molecule has 2 aromatic heterocycles. The summed E-state index contributed by atoms with van der Waals surface area (Å²) in [6, 6.07) is 7.25. The van der Waals surface area contributed by atoms with E-state index in [4.69, 9.17) is 16.3 Å². The lowest BCUT2D eigenvalue weighted by molar-refractivity contribution is 0.0968. The van der Waals surface area contributed by atoms with Gasteiger partial charge >= 0.3 is 0 Å². The molecule has 0 saturated heterocycles. The number of para-hydroxylation sites is 1. The minimum atomic E-state index is 0.00295. The van der Waals surface area contributed by atoms with Crippen LogP contribution in [-0.4, -0.2) is 32.6 Å². The van der Waals surface area contributed by atoms with E-state index in [9.17, 15) is 4.79 Å². The summed E-state index contributed by atoms with van der Waals surface area (Å²) >= 11 is 6.08. The largest absolute Gasteiger partial charge is 0.494 e. The summed E-state index contributed by atoms with van der Waals surface area (Å²) in [4.78, 5) is 21.0. The molecule has 1 N–H and O–H groups in total. The molecule has 1 aromatic carbocycles. The normalized spacial score (nSPS) is 10.9. The van der Waals surface area contributed by atoms with Crippen molar-refractivity contribution in [2.45, 2.75) is 20.3 Å². The number of halogens is 1. The number of hydrogen-bond donors (Lipinski definition) is 1. The Bertz CT molecular complexity index is 1000. The number of methoxy groups -OCH3 is 1. The van der Waals surface area contributed by atoms with Crippen molar-refractivity contribution in [1.29, 1.82) is 0 Å². The molecule has 0 atom stereocenters. The summed E-state index contributed by atoms with van der Waals surface area (Å²) in [6.07, 6.45) is 3.55. The summed E-state index contributed by atoms with van der Waals surface area (Å²) in [6.45, 7) is 4.00. The zero-order valence-corrected chi connectivity index (χ0v) is 17.0. The number of carbonyl (C=O) groups excluding carboxylic acids is 1. The molecule has 0 aliphatic heterocycles. The minimum Gasteiger partial charge on any atom is -0.494 e. The second kappa shape index (κ2) is 8.39. The van der Waals surface area contributed by atoms with Gasteiger partial charge in [-0.3, -0.25) is 9.48 Å². The molecule has 0 saturated carbocycles. The van der Waals surface area contributed by atoms with Crippen molar-refractivity contribution in [2.24, 2.45) is 13.0 Å². The first-order valence-corrected chi connectivity index (χ1v) is 9.25. The first-order chi connectivity index (χ1) is 13.4. The number of aryl methyl sites for hydroxylation is 1. The molecule has 0 aliphatic rings. The second-order valence-corrected chi connectivity index (χ2v) is 7.21. The fourth-order valence-electron chi connectivity index (χ4n) is 2.88. The van der Waals surface area contributed by atoms with Crippen LogP contribution in [0.2, 0.25) is 5.15 Å². The fraction of sp³-hybridized carbons (Fsp3) is 0.300. The van der Waals surface area contributed by atoms with Crippen LogP contribution in [0.25, 0.3) is 11.4 Å². The lowest BCUT2D eigenvalue weighted by Gasteiger charge is -2.16. The Balaban J connectivity index is 2.02. The molecule has 0 unspecified atom stereocenters. The zero-order chi connectivity index (χ0) is 20.3. The summed E-state index contributed by atoms with van der Waals surface area (Å²) in [7, 11) is 3.38. The number of hydrogen-bond acceptors (Lipinski definition) is 6. The number of pyridine rings is 1. The van der Waals surface area contributed by atoms with Crippen LogP contribution in [0.5, 0.6) is 5.75 Å². The van der Waals surface area contributed by atoms with E-state index in [1.807, 2.05) is 32.0 Å². The van der Waals surface area contributed by atoms with E-state index in [1.165, 1.54) is 6.20 Å².